The Labute approximate surface area is 120 Å². The molecule has 20 heavy (non-hydrogen) atoms. The third kappa shape index (κ3) is 6.06. The summed E-state index contributed by atoms with van der Waals surface area (Å²) in [6.45, 7) is 2.11. The van der Waals surface area contributed by atoms with Crippen LogP contribution in [0.2, 0.25) is 0 Å². The first kappa shape index (κ1) is 16.5. The summed E-state index contributed by atoms with van der Waals surface area (Å²) in [7, 11) is -3.35. The molecule has 0 bridgehead atoms. The SMILES string of the molecule is CCCCCCCS(=O)(=O)Nc1ccc(C(=O)O)cc1. The zero-order valence-electron chi connectivity index (χ0n) is 11.6. The van der Waals surface area contributed by atoms with E-state index in [0.717, 1.165) is 25.7 Å². The Balaban J connectivity index is 2.47. The van der Waals surface area contributed by atoms with Crippen molar-refractivity contribution in [2.45, 2.75) is 39.0 Å². The number of anilines is 1. The predicted molar refractivity (Wildman–Crippen MR) is 79.6 cm³/mol. The average Bonchev–Trinajstić information content (AvgIpc) is 2.38. The Kier molecular flexibility index (Phi) is 6.51. The van der Waals surface area contributed by atoms with E-state index in [-0.39, 0.29) is 11.3 Å². The van der Waals surface area contributed by atoms with E-state index in [0.29, 0.717) is 12.1 Å². The summed E-state index contributed by atoms with van der Waals surface area (Å²) in [4.78, 5) is 10.7. The summed E-state index contributed by atoms with van der Waals surface area (Å²) < 4.78 is 26.1. The van der Waals surface area contributed by atoms with Gasteiger partial charge in [-0.25, -0.2) is 13.2 Å². The van der Waals surface area contributed by atoms with Crippen LogP contribution in [0.5, 0.6) is 0 Å². The Morgan fingerprint density at radius 3 is 2.25 bits per heavy atom. The van der Waals surface area contributed by atoms with Gasteiger partial charge < -0.3 is 5.11 Å². The van der Waals surface area contributed by atoms with Crippen molar-refractivity contribution in [1.82, 2.24) is 0 Å². The Hall–Kier alpha value is -1.56. The van der Waals surface area contributed by atoms with Gasteiger partial charge in [-0.3, -0.25) is 4.72 Å². The van der Waals surface area contributed by atoms with Crippen molar-refractivity contribution in [3.63, 3.8) is 0 Å². The Morgan fingerprint density at radius 2 is 1.70 bits per heavy atom. The summed E-state index contributed by atoms with van der Waals surface area (Å²) in [6, 6.07) is 5.67. The fraction of sp³-hybridized carbons (Fsp3) is 0.500. The van der Waals surface area contributed by atoms with Crippen molar-refractivity contribution in [3.8, 4) is 0 Å². The predicted octanol–water partition coefficient (Wildman–Crippen LogP) is 3.10. The molecule has 0 aliphatic rings. The maximum Gasteiger partial charge on any atom is 0.335 e. The number of hydrogen-bond donors (Lipinski definition) is 2. The van der Waals surface area contributed by atoms with Crippen LogP contribution in [0.15, 0.2) is 24.3 Å². The Morgan fingerprint density at radius 1 is 1.10 bits per heavy atom. The molecule has 0 radical (unpaired) electrons. The number of carboxylic acids is 1. The third-order valence-electron chi connectivity index (χ3n) is 2.92. The Bertz CT molecular complexity index is 523. The molecule has 1 aromatic carbocycles. The van der Waals surface area contributed by atoms with Gasteiger partial charge in [0.15, 0.2) is 0 Å². The fourth-order valence-electron chi connectivity index (χ4n) is 1.81. The van der Waals surface area contributed by atoms with Crippen molar-refractivity contribution >= 4 is 21.7 Å². The van der Waals surface area contributed by atoms with Crippen LogP contribution in [-0.2, 0) is 10.0 Å². The number of sulfonamides is 1. The lowest BCUT2D eigenvalue weighted by molar-refractivity contribution is 0.0697. The van der Waals surface area contributed by atoms with Gasteiger partial charge in [0, 0.05) is 5.69 Å². The number of unbranched alkanes of at least 4 members (excludes halogenated alkanes) is 4. The summed E-state index contributed by atoms with van der Waals surface area (Å²) in [6.07, 6.45) is 4.86. The van der Waals surface area contributed by atoms with Crippen molar-refractivity contribution in [3.05, 3.63) is 29.8 Å². The summed E-state index contributed by atoms with van der Waals surface area (Å²) in [5, 5.41) is 8.76. The minimum absolute atomic E-state index is 0.0946. The van der Waals surface area contributed by atoms with Crippen LogP contribution in [0, 0.1) is 0 Å². The first-order valence-electron chi connectivity index (χ1n) is 6.78. The molecule has 112 valence electrons. The van der Waals surface area contributed by atoms with Crippen LogP contribution < -0.4 is 4.72 Å². The molecular weight excluding hydrogens is 278 g/mol. The standard InChI is InChI=1S/C14H21NO4S/c1-2-3-4-5-6-11-20(18,19)15-13-9-7-12(8-10-13)14(16)17/h7-10,15H,2-6,11H2,1H3,(H,16,17). The smallest absolute Gasteiger partial charge is 0.335 e. The molecule has 0 aromatic heterocycles. The zero-order valence-corrected chi connectivity index (χ0v) is 12.4. The average molecular weight is 299 g/mol. The number of carbonyl (C=O) groups is 1. The molecule has 0 unspecified atom stereocenters. The van der Waals surface area contributed by atoms with E-state index >= 15 is 0 Å². The molecule has 0 heterocycles. The van der Waals surface area contributed by atoms with Crippen LogP contribution in [0.25, 0.3) is 0 Å². The second-order valence-corrected chi connectivity index (χ2v) is 6.56. The molecule has 2 N–H and O–H groups in total. The summed E-state index contributed by atoms with van der Waals surface area (Å²) in [5.74, 6) is -0.937. The highest BCUT2D eigenvalue weighted by atomic mass is 32.2. The fourth-order valence-corrected chi connectivity index (χ4v) is 2.99. The topological polar surface area (TPSA) is 83.5 Å². The minimum atomic E-state index is -3.35. The zero-order chi connectivity index (χ0) is 15.0. The molecule has 0 spiro atoms. The lowest BCUT2D eigenvalue weighted by Crippen LogP contribution is -2.16. The second-order valence-electron chi connectivity index (χ2n) is 4.72. The first-order valence-corrected chi connectivity index (χ1v) is 8.43. The van der Waals surface area contributed by atoms with Gasteiger partial charge in [-0.1, -0.05) is 32.6 Å². The second kappa shape index (κ2) is 7.89. The number of rotatable bonds is 9. The molecule has 5 nitrogen and oxygen atoms in total. The summed E-state index contributed by atoms with van der Waals surface area (Å²) in [5.41, 5.74) is 0.524. The molecule has 0 amide bonds. The molecule has 6 heteroatoms. The van der Waals surface area contributed by atoms with Gasteiger partial charge in [-0.2, -0.15) is 0 Å². The maximum absolute atomic E-state index is 11.8. The van der Waals surface area contributed by atoms with Crippen molar-refractivity contribution in [1.29, 1.82) is 0 Å². The van der Waals surface area contributed by atoms with Crippen molar-refractivity contribution in [2.75, 3.05) is 10.5 Å². The monoisotopic (exact) mass is 299 g/mol. The van der Waals surface area contributed by atoms with Gasteiger partial charge in [0.25, 0.3) is 0 Å². The van der Waals surface area contributed by atoms with Gasteiger partial charge in [0.2, 0.25) is 10.0 Å². The number of aromatic carboxylic acids is 1. The van der Waals surface area contributed by atoms with Crippen LogP contribution in [0.4, 0.5) is 5.69 Å². The van der Waals surface area contributed by atoms with Gasteiger partial charge >= 0.3 is 5.97 Å². The van der Waals surface area contributed by atoms with Crippen LogP contribution >= 0.6 is 0 Å². The van der Waals surface area contributed by atoms with Crippen molar-refractivity contribution in [2.24, 2.45) is 0 Å². The molecule has 0 saturated heterocycles. The number of nitrogens with one attached hydrogen (secondary N) is 1. The highest BCUT2D eigenvalue weighted by Gasteiger charge is 2.10. The molecule has 0 aliphatic heterocycles. The molecular formula is C14H21NO4S. The van der Waals surface area contributed by atoms with Crippen LogP contribution in [0.1, 0.15) is 49.4 Å². The van der Waals surface area contributed by atoms with E-state index in [1.54, 1.807) is 0 Å². The maximum atomic E-state index is 11.8. The van der Waals surface area contributed by atoms with E-state index in [9.17, 15) is 13.2 Å². The molecule has 1 aromatic rings. The quantitative estimate of drug-likeness (QED) is 0.686. The first-order chi connectivity index (χ1) is 9.44. The largest absolute Gasteiger partial charge is 0.478 e. The van der Waals surface area contributed by atoms with E-state index in [4.69, 9.17) is 5.11 Å². The van der Waals surface area contributed by atoms with Crippen molar-refractivity contribution < 1.29 is 18.3 Å². The van der Waals surface area contributed by atoms with E-state index < -0.39 is 16.0 Å². The highest BCUT2D eigenvalue weighted by molar-refractivity contribution is 7.92. The van der Waals surface area contributed by atoms with Gasteiger partial charge in [-0.05, 0) is 30.7 Å². The van der Waals surface area contributed by atoms with E-state index in [1.165, 1.54) is 24.3 Å². The van der Waals surface area contributed by atoms with Gasteiger partial charge in [0.05, 0.1) is 11.3 Å². The van der Waals surface area contributed by atoms with E-state index in [2.05, 4.69) is 11.6 Å². The molecule has 0 aliphatic carbocycles. The lowest BCUT2D eigenvalue weighted by atomic mass is 10.2. The highest BCUT2D eigenvalue weighted by Crippen LogP contribution is 2.13. The molecule has 0 saturated carbocycles. The van der Waals surface area contributed by atoms with Crippen LogP contribution in [-0.4, -0.2) is 25.2 Å². The molecule has 1 rings (SSSR count). The van der Waals surface area contributed by atoms with Gasteiger partial charge in [-0.15, -0.1) is 0 Å². The third-order valence-corrected chi connectivity index (χ3v) is 4.29. The minimum Gasteiger partial charge on any atom is -0.478 e. The molecule has 0 fully saturated rings. The normalized spacial score (nSPS) is 11.2. The van der Waals surface area contributed by atoms with Gasteiger partial charge in [0.1, 0.15) is 0 Å². The number of benzene rings is 1. The lowest BCUT2D eigenvalue weighted by Gasteiger charge is -2.08. The van der Waals surface area contributed by atoms with E-state index in [1.807, 2.05) is 0 Å². The number of carboxylic acid groups (broad SMARTS) is 1. The molecule has 0 atom stereocenters. The summed E-state index contributed by atoms with van der Waals surface area (Å²) >= 11 is 0. The number of hydrogen-bond acceptors (Lipinski definition) is 3. The van der Waals surface area contributed by atoms with Crippen LogP contribution in [0.3, 0.4) is 0 Å².